The maximum absolute atomic E-state index is 12.8. The molecule has 2 N–H and O–H groups in total. The quantitative estimate of drug-likeness (QED) is 0.824. The SMILES string of the molecule is CCCOc1c(Cl)cc(C(=O)N2CCCCC2CN)cc1OC.Cl. The van der Waals surface area contributed by atoms with E-state index in [0.29, 0.717) is 35.2 Å². The van der Waals surface area contributed by atoms with Crippen LogP contribution in [0.25, 0.3) is 0 Å². The lowest BCUT2D eigenvalue weighted by Crippen LogP contribution is -2.47. The monoisotopic (exact) mass is 376 g/mol. The summed E-state index contributed by atoms with van der Waals surface area (Å²) in [4.78, 5) is 14.7. The van der Waals surface area contributed by atoms with Gasteiger partial charge in [-0.15, -0.1) is 12.4 Å². The molecule has 0 bridgehead atoms. The number of nitrogens with zero attached hydrogens (tertiary/aromatic N) is 1. The molecule has 7 heteroatoms. The number of ether oxygens (including phenoxy) is 2. The molecule has 1 unspecified atom stereocenters. The number of piperidine rings is 1. The number of nitrogens with two attached hydrogens (primary N) is 1. The fourth-order valence-electron chi connectivity index (χ4n) is 2.87. The van der Waals surface area contributed by atoms with E-state index in [0.717, 1.165) is 32.2 Å². The molecule has 1 heterocycles. The Balaban J connectivity index is 0.00000288. The summed E-state index contributed by atoms with van der Waals surface area (Å²) < 4.78 is 11.0. The minimum absolute atomic E-state index is 0. The van der Waals surface area contributed by atoms with E-state index in [9.17, 15) is 4.79 Å². The summed E-state index contributed by atoms with van der Waals surface area (Å²) in [5.41, 5.74) is 6.32. The number of carbonyl (C=O) groups excluding carboxylic acids is 1. The van der Waals surface area contributed by atoms with Crippen molar-refractivity contribution in [3.05, 3.63) is 22.7 Å². The Morgan fingerprint density at radius 2 is 2.17 bits per heavy atom. The van der Waals surface area contributed by atoms with Crippen molar-refractivity contribution in [2.75, 3.05) is 26.8 Å². The zero-order valence-electron chi connectivity index (χ0n) is 14.2. The summed E-state index contributed by atoms with van der Waals surface area (Å²) in [6.07, 6.45) is 3.93. The molecule has 1 aliphatic heterocycles. The van der Waals surface area contributed by atoms with Crippen LogP contribution in [-0.2, 0) is 0 Å². The van der Waals surface area contributed by atoms with E-state index in [2.05, 4.69) is 0 Å². The summed E-state index contributed by atoms with van der Waals surface area (Å²) in [7, 11) is 1.54. The summed E-state index contributed by atoms with van der Waals surface area (Å²) in [5.74, 6) is 0.916. The lowest BCUT2D eigenvalue weighted by atomic mass is 10.0. The van der Waals surface area contributed by atoms with Gasteiger partial charge < -0.3 is 20.1 Å². The van der Waals surface area contributed by atoms with Gasteiger partial charge in [0.25, 0.3) is 5.91 Å². The topological polar surface area (TPSA) is 64.8 Å². The van der Waals surface area contributed by atoms with Gasteiger partial charge in [-0.3, -0.25) is 4.79 Å². The van der Waals surface area contributed by atoms with Crippen molar-refractivity contribution in [3.63, 3.8) is 0 Å². The normalized spacial score (nSPS) is 17.2. The molecule has 136 valence electrons. The van der Waals surface area contributed by atoms with Crippen LogP contribution in [0.5, 0.6) is 11.5 Å². The van der Waals surface area contributed by atoms with Crippen molar-refractivity contribution in [1.82, 2.24) is 4.90 Å². The molecule has 0 radical (unpaired) electrons. The standard InChI is InChI=1S/C17H25ClN2O3.ClH/c1-3-8-23-16-14(18)9-12(10-15(16)22-2)17(21)20-7-5-4-6-13(20)11-19;/h9-10,13H,3-8,11,19H2,1-2H3;1H. The zero-order chi connectivity index (χ0) is 16.8. The Morgan fingerprint density at radius 3 is 2.79 bits per heavy atom. The highest BCUT2D eigenvalue weighted by Gasteiger charge is 2.27. The van der Waals surface area contributed by atoms with Crippen LogP contribution in [0.2, 0.25) is 5.02 Å². The van der Waals surface area contributed by atoms with Crippen LogP contribution in [0.15, 0.2) is 12.1 Å². The predicted molar refractivity (Wildman–Crippen MR) is 98.8 cm³/mol. The van der Waals surface area contributed by atoms with Crippen molar-refractivity contribution in [3.8, 4) is 11.5 Å². The number of halogens is 2. The zero-order valence-corrected chi connectivity index (χ0v) is 15.8. The lowest BCUT2D eigenvalue weighted by Gasteiger charge is -2.35. The molecule has 1 atom stereocenters. The van der Waals surface area contributed by atoms with Gasteiger partial charge in [0.1, 0.15) is 0 Å². The average Bonchev–Trinajstić information content (AvgIpc) is 2.59. The molecule has 0 spiro atoms. The third-order valence-electron chi connectivity index (χ3n) is 4.09. The van der Waals surface area contributed by atoms with Gasteiger partial charge >= 0.3 is 0 Å². The highest BCUT2D eigenvalue weighted by Crippen LogP contribution is 2.37. The Morgan fingerprint density at radius 1 is 1.42 bits per heavy atom. The van der Waals surface area contributed by atoms with E-state index in [1.54, 1.807) is 19.2 Å². The van der Waals surface area contributed by atoms with Gasteiger partial charge in [0, 0.05) is 24.7 Å². The van der Waals surface area contributed by atoms with Crippen molar-refractivity contribution in [2.45, 2.75) is 38.6 Å². The molecule has 0 aliphatic carbocycles. The summed E-state index contributed by atoms with van der Waals surface area (Å²) in [6.45, 7) is 3.77. The molecule has 1 aliphatic rings. The van der Waals surface area contributed by atoms with Gasteiger partial charge in [-0.1, -0.05) is 18.5 Å². The van der Waals surface area contributed by atoms with Crippen LogP contribution in [0.4, 0.5) is 0 Å². The van der Waals surface area contributed by atoms with Gasteiger partial charge in [0.15, 0.2) is 11.5 Å². The number of carbonyl (C=O) groups is 1. The first kappa shape index (κ1) is 20.9. The first-order valence-corrected chi connectivity index (χ1v) is 8.51. The van der Waals surface area contributed by atoms with Crippen LogP contribution < -0.4 is 15.2 Å². The number of hydrogen-bond acceptors (Lipinski definition) is 4. The third-order valence-corrected chi connectivity index (χ3v) is 4.37. The van der Waals surface area contributed by atoms with Crippen molar-refractivity contribution < 1.29 is 14.3 Å². The molecule has 24 heavy (non-hydrogen) atoms. The number of hydrogen-bond donors (Lipinski definition) is 1. The molecule has 1 amide bonds. The van der Waals surface area contributed by atoms with E-state index in [4.69, 9.17) is 26.8 Å². The fraction of sp³-hybridized carbons (Fsp3) is 0.588. The molecule has 1 aromatic rings. The molecule has 1 fully saturated rings. The number of methoxy groups -OCH3 is 1. The Labute approximate surface area is 154 Å². The lowest BCUT2D eigenvalue weighted by molar-refractivity contribution is 0.0623. The first-order valence-electron chi connectivity index (χ1n) is 8.13. The second-order valence-electron chi connectivity index (χ2n) is 5.72. The maximum atomic E-state index is 12.8. The van der Waals surface area contributed by atoms with Crippen LogP contribution in [-0.4, -0.2) is 43.7 Å². The highest BCUT2D eigenvalue weighted by molar-refractivity contribution is 6.32. The van der Waals surface area contributed by atoms with Crippen LogP contribution in [0.1, 0.15) is 43.0 Å². The van der Waals surface area contributed by atoms with Crippen LogP contribution in [0, 0.1) is 0 Å². The smallest absolute Gasteiger partial charge is 0.254 e. The van der Waals surface area contributed by atoms with E-state index in [-0.39, 0.29) is 24.4 Å². The first-order chi connectivity index (χ1) is 11.1. The van der Waals surface area contributed by atoms with Crippen molar-refractivity contribution in [1.29, 1.82) is 0 Å². The second-order valence-corrected chi connectivity index (χ2v) is 6.13. The van der Waals surface area contributed by atoms with Crippen LogP contribution >= 0.6 is 24.0 Å². The minimum atomic E-state index is -0.0533. The average molecular weight is 377 g/mol. The predicted octanol–water partition coefficient (Wildman–Crippen LogP) is 3.51. The summed E-state index contributed by atoms with van der Waals surface area (Å²) in [5, 5.41) is 0.391. The molecule has 5 nitrogen and oxygen atoms in total. The second kappa shape index (κ2) is 9.97. The molecule has 0 aromatic heterocycles. The summed E-state index contributed by atoms with van der Waals surface area (Å²) >= 11 is 6.30. The molecular weight excluding hydrogens is 351 g/mol. The number of rotatable bonds is 6. The van der Waals surface area contributed by atoms with Crippen molar-refractivity contribution in [2.24, 2.45) is 5.73 Å². The fourth-order valence-corrected chi connectivity index (χ4v) is 3.13. The maximum Gasteiger partial charge on any atom is 0.254 e. The van der Waals surface area contributed by atoms with Crippen LogP contribution in [0.3, 0.4) is 0 Å². The molecular formula is C17H26Cl2N2O3. The molecule has 0 saturated carbocycles. The van der Waals surface area contributed by atoms with Gasteiger partial charge in [-0.05, 0) is 37.8 Å². The number of amides is 1. The van der Waals surface area contributed by atoms with Gasteiger partial charge in [-0.25, -0.2) is 0 Å². The summed E-state index contributed by atoms with van der Waals surface area (Å²) in [6, 6.07) is 3.44. The molecule has 2 rings (SSSR count). The Kier molecular flexibility index (Phi) is 8.67. The van der Waals surface area contributed by atoms with E-state index < -0.39 is 0 Å². The highest BCUT2D eigenvalue weighted by atomic mass is 35.5. The molecule has 1 aromatic carbocycles. The Hall–Kier alpha value is -1.17. The minimum Gasteiger partial charge on any atom is -0.493 e. The van der Waals surface area contributed by atoms with E-state index in [1.165, 1.54) is 0 Å². The van der Waals surface area contributed by atoms with E-state index >= 15 is 0 Å². The van der Waals surface area contributed by atoms with Crippen molar-refractivity contribution >= 4 is 29.9 Å². The van der Waals surface area contributed by atoms with Gasteiger partial charge in [0.2, 0.25) is 0 Å². The molecule has 1 saturated heterocycles. The number of likely N-dealkylation sites (tertiary alicyclic amines) is 1. The van der Waals surface area contributed by atoms with Gasteiger partial charge in [-0.2, -0.15) is 0 Å². The largest absolute Gasteiger partial charge is 0.493 e. The number of benzene rings is 1. The third kappa shape index (κ3) is 4.68. The van der Waals surface area contributed by atoms with Gasteiger partial charge in [0.05, 0.1) is 18.7 Å². The van der Waals surface area contributed by atoms with E-state index in [1.807, 2.05) is 11.8 Å². The Bertz CT molecular complexity index is 555.